The molecule has 0 spiro atoms. The number of hydrogen-bond donors (Lipinski definition) is 2. The van der Waals surface area contributed by atoms with E-state index < -0.39 is 0 Å². The summed E-state index contributed by atoms with van der Waals surface area (Å²) in [5.41, 5.74) is 0. The molecular weight excluding hydrogens is 220 g/mol. The fraction of sp³-hybridized carbons (Fsp3) is 0.583. The first-order valence-corrected chi connectivity index (χ1v) is 6.75. The molecule has 0 amide bonds. The fourth-order valence-corrected chi connectivity index (χ4v) is 2.65. The van der Waals surface area contributed by atoms with Gasteiger partial charge in [0.25, 0.3) is 0 Å². The molecule has 1 unspecified atom stereocenters. The predicted octanol–water partition coefficient (Wildman–Crippen LogP) is 1.66. The van der Waals surface area contributed by atoms with Crippen LogP contribution in [-0.2, 0) is 0 Å². The van der Waals surface area contributed by atoms with Crippen LogP contribution in [0.25, 0.3) is 0 Å². The molecule has 16 heavy (non-hydrogen) atoms. The standard InChI is InChI=1S/C12H18N2OS/c15-11(12-5-3-7-16-12)9-13-8-10-4-1-2-6-14-10/h3,5,7,10,13-14H,1-2,4,6,8-9H2. The van der Waals surface area contributed by atoms with Gasteiger partial charge in [0.15, 0.2) is 5.78 Å². The minimum Gasteiger partial charge on any atom is -0.313 e. The summed E-state index contributed by atoms with van der Waals surface area (Å²) in [6.45, 7) is 2.47. The van der Waals surface area contributed by atoms with Crippen LogP contribution in [0.5, 0.6) is 0 Å². The minimum absolute atomic E-state index is 0.200. The van der Waals surface area contributed by atoms with Gasteiger partial charge in [-0.2, -0.15) is 0 Å². The first kappa shape index (κ1) is 11.8. The van der Waals surface area contributed by atoms with Crippen molar-refractivity contribution in [2.24, 2.45) is 0 Å². The Balaban J connectivity index is 1.66. The third-order valence-electron chi connectivity index (χ3n) is 2.88. The second kappa shape index (κ2) is 6.13. The van der Waals surface area contributed by atoms with Crippen LogP contribution >= 0.6 is 11.3 Å². The van der Waals surface area contributed by atoms with E-state index in [2.05, 4.69) is 10.6 Å². The molecule has 2 rings (SSSR count). The van der Waals surface area contributed by atoms with Gasteiger partial charge in [0.1, 0.15) is 0 Å². The molecule has 1 aromatic rings. The molecule has 88 valence electrons. The topological polar surface area (TPSA) is 41.1 Å². The zero-order chi connectivity index (χ0) is 11.2. The lowest BCUT2D eigenvalue weighted by Gasteiger charge is -2.23. The highest BCUT2D eigenvalue weighted by Gasteiger charge is 2.12. The van der Waals surface area contributed by atoms with Crippen molar-refractivity contribution in [1.29, 1.82) is 0 Å². The Labute approximate surface area is 100 Å². The van der Waals surface area contributed by atoms with Crippen LogP contribution < -0.4 is 10.6 Å². The number of rotatable bonds is 5. The highest BCUT2D eigenvalue weighted by molar-refractivity contribution is 7.12. The molecule has 2 heterocycles. The Hall–Kier alpha value is -0.710. The highest BCUT2D eigenvalue weighted by atomic mass is 32.1. The number of ketones is 1. The second-order valence-electron chi connectivity index (χ2n) is 4.18. The molecule has 0 bridgehead atoms. The molecule has 2 N–H and O–H groups in total. The highest BCUT2D eigenvalue weighted by Crippen LogP contribution is 2.09. The van der Waals surface area contributed by atoms with Crippen LogP contribution in [0.3, 0.4) is 0 Å². The molecule has 0 radical (unpaired) electrons. The maximum atomic E-state index is 11.7. The van der Waals surface area contributed by atoms with Crippen molar-refractivity contribution < 1.29 is 4.79 Å². The quantitative estimate of drug-likeness (QED) is 0.767. The molecule has 1 fully saturated rings. The molecule has 1 atom stereocenters. The van der Waals surface area contributed by atoms with E-state index in [1.807, 2.05) is 17.5 Å². The van der Waals surface area contributed by atoms with E-state index in [4.69, 9.17) is 0 Å². The van der Waals surface area contributed by atoms with Crippen LogP contribution in [0.1, 0.15) is 28.9 Å². The number of carbonyl (C=O) groups excluding carboxylic acids is 1. The maximum absolute atomic E-state index is 11.7. The average molecular weight is 238 g/mol. The van der Waals surface area contributed by atoms with Crippen molar-refractivity contribution in [2.45, 2.75) is 25.3 Å². The van der Waals surface area contributed by atoms with Gasteiger partial charge >= 0.3 is 0 Å². The summed E-state index contributed by atoms with van der Waals surface area (Å²) in [5.74, 6) is 0.200. The molecule has 1 aromatic heterocycles. The van der Waals surface area contributed by atoms with Crippen LogP contribution in [0, 0.1) is 0 Å². The van der Waals surface area contributed by atoms with Crippen molar-refractivity contribution in [3.63, 3.8) is 0 Å². The number of thiophene rings is 1. The zero-order valence-corrected chi connectivity index (χ0v) is 10.2. The Kier molecular flexibility index (Phi) is 4.51. The van der Waals surface area contributed by atoms with Gasteiger partial charge in [-0.15, -0.1) is 11.3 Å². The zero-order valence-electron chi connectivity index (χ0n) is 9.37. The monoisotopic (exact) mass is 238 g/mol. The van der Waals surface area contributed by atoms with Crippen LogP contribution in [0.4, 0.5) is 0 Å². The summed E-state index contributed by atoms with van der Waals surface area (Å²) in [6.07, 6.45) is 3.81. The summed E-state index contributed by atoms with van der Waals surface area (Å²) in [4.78, 5) is 12.5. The summed E-state index contributed by atoms with van der Waals surface area (Å²) in [5, 5.41) is 8.63. The van der Waals surface area contributed by atoms with Crippen LogP contribution in [-0.4, -0.2) is 31.5 Å². The molecule has 1 aliphatic heterocycles. The van der Waals surface area contributed by atoms with Gasteiger partial charge in [-0.05, 0) is 30.8 Å². The van der Waals surface area contributed by atoms with Gasteiger partial charge in [-0.3, -0.25) is 4.79 Å². The van der Waals surface area contributed by atoms with E-state index in [9.17, 15) is 4.79 Å². The summed E-state index contributed by atoms with van der Waals surface area (Å²) < 4.78 is 0. The van der Waals surface area contributed by atoms with E-state index >= 15 is 0 Å². The fourth-order valence-electron chi connectivity index (χ4n) is 1.98. The van der Waals surface area contributed by atoms with Gasteiger partial charge in [0.05, 0.1) is 11.4 Å². The summed E-state index contributed by atoms with van der Waals surface area (Å²) in [6, 6.07) is 4.35. The first-order chi connectivity index (χ1) is 7.86. The second-order valence-corrected chi connectivity index (χ2v) is 5.13. The van der Waals surface area contributed by atoms with E-state index in [1.54, 1.807) is 0 Å². The van der Waals surface area contributed by atoms with Crippen molar-refractivity contribution in [3.8, 4) is 0 Å². The van der Waals surface area contributed by atoms with E-state index in [1.165, 1.54) is 30.6 Å². The first-order valence-electron chi connectivity index (χ1n) is 5.87. The van der Waals surface area contributed by atoms with Crippen molar-refractivity contribution in [2.75, 3.05) is 19.6 Å². The van der Waals surface area contributed by atoms with Crippen LogP contribution in [0.15, 0.2) is 17.5 Å². The molecular formula is C12H18N2OS. The van der Waals surface area contributed by atoms with Gasteiger partial charge in [0, 0.05) is 12.6 Å². The van der Waals surface area contributed by atoms with Crippen LogP contribution in [0.2, 0.25) is 0 Å². The third-order valence-corrected chi connectivity index (χ3v) is 3.80. The lowest BCUT2D eigenvalue weighted by Crippen LogP contribution is -2.42. The van der Waals surface area contributed by atoms with Gasteiger partial charge in [-0.1, -0.05) is 12.5 Å². The predicted molar refractivity (Wildman–Crippen MR) is 67.2 cm³/mol. The van der Waals surface area contributed by atoms with Crippen molar-refractivity contribution in [1.82, 2.24) is 10.6 Å². The van der Waals surface area contributed by atoms with Crippen molar-refractivity contribution >= 4 is 17.1 Å². The van der Waals surface area contributed by atoms with Gasteiger partial charge in [-0.25, -0.2) is 0 Å². The SMILES string of the molecule is O=C(CNCC1CCCCN1)c1cccs1. The number of hydrogen-bond acceptors (Lipinski definition) is 4. The largest absolute Gasteiger partial charge is 0.313 e. The third kappa shape index (κ3) is 3.40. The number of carbonyl (C=O) groups is 1. The Morgan fingerprint density at radius 1 is 1.56 bits per heavy atom. The molecule has 1 saturated heterocycles. The molecule has 0 aromatic carbocycles. The van der Waals surface area contributed by atoms with Crippen molar-refractivity contribution in [3.05, 3.63) is 22.4 Å². The summed E-state index contributed by atoms with van der Waals surface area (Å²) in [7, 11) is 0. The lowest BCUT2D eigenvalue weighted by atomic mass is 10.1. The maximum Gasteiger partial charge on any atom is 0.186 e. The van der Waals surface area contributed by atoms with Gasteiger partial charge in [0.2, 0.25) is 0 Å². The van der Waals surface area contributed by atoms with E-state index in [0.29, 0.717) is 12.6 Å². The summed E-state index contributed by atoms with van der Waals surface area (Å²) >= 11 is 1.51. The number of nitrogens with one attached hydrogen (secondary N) is 2. The Bertz CT molecular complexity index is 318. The molecule has 0 aliphatic carbocycles. The normalized spacial score (nSPS) is 20.9. The van der Waals surface area contributed by atoms with Gasteiger partial charge < -0.3 is 10.6 Å². The molecule has 3 nitrogen and oxygen atoms in total. The number of Topliss-reactive ketones (excluding diaryl/α,β-unsaturated/α-hetero) is 1. The Morgan fingerprint density at radius 3 is 3.19 bits per heavy atom. The molecule has 0 saturated carbocycles. The smallest absolute Gasteiger partial charge is 0.186 e. The molecule has 1 aliphatic rings. The average Bonchev–Trinajstić information content (AvgIpc) is 2.84. The Morgan fingerprint density at radius 2 is 2.50 bits per heavy atom. The van der Waals surface area contributed by atoms with E-state index in [-0.39, 0.29) is 5.78 Å². The number of piperidine rings is 1. The lowest BCUT2D eigenvalue weighted by molar-refractivity contribution is 0.0994. The molecule has 4 heteroatoms. The van der Waals surface area contributed by atoms with E-state index in [0.717, 1.165) is 18.0 Å². The minimum atomic E-state index is 0.200.